The molecule has 0 unspecified atom stereocenters. The van der Waals surface area contributed by atoms with Crippen LogP contribution in [0, 0.1) is 0 Å². The third-order valence-corrected chi connectivity index (χ3v) is 13.1. The average molecular weight is 869 g/mol. The van der Waals surface area contributed by atoms with Crippen molar-refractivity contribution in [3.05, 3.63) is 243 Å². The molecule has 5 heteroatoms. The molecule has 68 heavy (non-hydrogen) atoms. The zero-order valence-corrected chi connectivity index (χ0v) is 36.8. The van der Waals surface area contributed by atoms with Crippen molar-refractivity contribution in [3.8, 4) is 84.4 Å². The Labute approximate surface area is 392 Å². The van der Waals surface area contributed by atoms with Crippen LogP contribution >= 0.6 is 0 Å². The molecule has 5 nitrogen and oxygen atoms in total. The van der Waals surface area contributed by atoms with Crippen molar-refractivity contribution in [2.24, 2.45) is 0 Å². The second-order valence-electron chi connectivity index (χ2n) is 17.2. The molecule has 3 aromatic heterocycles. The van der Waals surface area contributed by atoms with Gasteiger partial charge in [-0.1, -0.05) is 188 Å². The summed E-state index contributed by atoms with van der Waals surface area (Å²) < 4.78 is 9.02. The fraction of sp³-hybridized carbons (Fsp3) is 0. The van der Waals surface area contributed by atoms with Gasteiger partial charge in [-0.25, -0.2) is 15.0 Å². The van der Waals surface area contributed by atoms with Crippen molar-refractivity contribution in [2.75, 3.05) is 0 Å². The van der Waals surface area contributed by atoms with Crippen LogP contribution in [0.1, 0.15) is 0 Å². The van der Waals surface area contributed by atoms with Crippen LogP contribution in [0.2, 0.25) is 0 Å². The van der Waals surface area contributed by atoms with Crippen molar-refractivity contribution in [3.63, 3.8) is 0 Å². The van der Waals surface area contributed by atoms with E-state index in [1.807, 2.05) is 18.2 Å². The van der Waals surface area contributed by atoms with E-state index in [2.05, 4.69) is 229 Å². The van der Waals surface area contributed by atoms with Gasteiger partial charge in [-0.3, -0.25) is 0 Å². The van der Waals surface area contributed by atoms with E-state index in [0.717, 1.165) is 83.0 Å². The van der Waals surface area contributed by atoms with Crippen molar-refractivity contribution in [1.82, 2.24) is 19.5 Å². The molecule has 13 rings (SSSR count). The first-order chi connectivity index (χ1) is 33.7. The highest BCUT2D eigenvalue weighted by molar-refractivity contribution is 6.17. The van der Waals surface area contributed by atoms with Gasteiger partial charge in [-0.15, -0.1) is 0 Å². The Balaban J connectivity index is 0.904. The monoisotopic (exact) mass is 868 g/mol. The van der Waals surface area contributed by atoms with Crippen LogP contribution in [-0.4, -0.2) is 19.5 Å². The zero-order chi connectivity index (χ0) is 45.0. The highest BCUT2D eigenvalue weighted by Crippen LogP contribution is 2.40. The van der Waals surface area contributed by atoms with Crippen molar-refractivity contribution < 1.29 is 4.42 Å². The largest absolute Gasteiger partial charge is 0.456 e. The predicted molar refractivity (Wildman–Crippen MR) is 279 cm³/mol. The minimum Gasteiger partial charge on any atom is -0.456 e. The van der Waals surface area contributed by atoms with Crippen molar-refractivity contribution >= 4 is 43.7 Å². The van der Waals surface area contributed by atoms with E-state index in [4.69, 9.17) is 19.4 Å². The third kappa shape index (κ3) is 7.02. The van der Waals surface area contributed by atoms with Gasteiger partial charge >= 0.3 is 0 Å². The maximum absolute atomic E-state index is 6.68. The number of benzene rings is 10. The van der Waals surface area contributed by atoms with E-state index in [9.17, 15) is 0 Å². The van der Waals surface area contributed by atoms with Gasteiger partial charge in [0.1, 0.15) is 11.2 Å². The Morgan fingerprint density at radius 2 is 0.676 bits per heavy atom. The molecule has 0 saturated carbocycles. The fourth-order valence-corrected chi connectivity index (χ4v) is 9.62. The number of para-hydroxylation sites is 1. The average Bonchev–Trinajstić information content (AvgIpc) is 3.95. The van der Waals surface area contributed by atoms with Gasteiger partial charge in [0, 0.05) is 50.0 Å². The molecule has 0 atom stereocenters. The second kappa shape index (κ2) is 16.4. The lowest BCUT2D eigenvalue weighted by molar-refractivity contribution is 0.669. The molecule has 0 aliphatic rings. The SMILES string of the molecule is c1ccc(-c2ccc(-c3nc(-c4ccc(-c5ccccc5)cc4)nc(-c4ccc5oc6cc7c(cc6c5c4)c4ccccc4n7-c4ccc(-c5cccc(-c6ccccc6)c5)cc4)n3)cc2)cc1. The summed E-state index contributed by atoms with van der Waals surface area (Å²) in [5.41, 5.74) is 17.0. The predicted octanol–water partition coefficient (Wildman–Crippen LogP) is 16.5. The van der Waals surface area contributed by atoms with Gasteiger partial charge in [0.05, 0.1) is 11.0 Å². The Kier molecular flexibility index (Phi) is 9.43. The number of furan rings is 1. The minimum atomic E-state index is 0.591. The van der Waals surface area contributed by atoms with Gasteiger partial charge in [-0.2, -0.15) is 0 Å². The summed E-state index contributed by atoms with van der Waals surface area (Å²) in [6.45, 7) is 0. The summed E-state index contributed by atoms with van der Waals surface area (Å²) in [5.74, 6) is 1.81. The summed E-state index contributed by atoms with van der Waals surface area (Å²) >= 11 is 0. The lowest BCUT2D eigenvalue weighted by Gasteiger charge is -2.10. The van der Waals surface area contributed by atoms with E-state index in [0.29, 0.717) is 17.5 Å². The molecule has 0 saturated heterocycles. The summed E-state index contributed by atoms with van der Waals surface area (Å²) in [7, 11) is 0. The Morgan fingerprint density at radius 3 is 1.26 bits per heavy atom. The third-order valence-electron chi connectivity index (χ3n) is 13.1. The van der Waals surface area contributed by atoms with E-state index in [1.165, 1.54) is 27.6 Å². The van der Waals surface area contributed by atoms with Crippen LogP contribution in [0.25, 0.3) is 128 Å². The second-order valence-corrected chi connectivity index (χ2v) is 17.2. The summed E-state index contributed by atoms with van der Waals surface area (Å²) in [6, 6.07) is 85.3. The van der Waals surface area contributed by atoms with Gasteiger partial charge in [0.15, 0.2) is 17.5 Å². The van der Waals surface area contributed by atoms with Crippen LogP contribution < -0.4 is 0 Å². The highest BCUT2D eigenvalue weighted by atomic mass is 16.3. The smallest absolute Gasteiger partial charge is 0.164 e. The van der Waals surface area contributed by atoms with E-state index >= 15 is 0 Å². The molecule has 0 radical (unpaired) electrons. The Bertz CT molecular complexity index is 3870. The molecule has 0 N–H and O–H groups in total. The van der Waals surface area contributed by atoms with E-state index in [1.54, 1.807) is 0 Å². The van der Waals surface area contributed by atoms with Crippen molar-refractivity contribution in [1.29, 1.82) is 0 Å². The van der Waals surface area contributed by atoms with Crippen LogP contribution in [0.4, 0.5) is 0 Å². The normalized spacial score (nSPS) is 11.5. The maximum Gasteiger partial charge on any atom is 0.164 e. The Hall–Kier alpha value is -9.19. The van der Waals surface area contributed by atoms with Gasteiger partial charge in [-0.05, 0) is 93.0 Å². The number of aromatic nitrogens is 4. The standard InChI is InChI=1S/C63H40N4O/c1-4-13-41(14-5-1)44-23-27-47(28-24-44)61-64-62(48-29-25-45(26-30-48)42-15-6-2-7-16-42)66-63(65-61)51-33-36-59-55(38-51)56-39-54-53-21-10-11-22-57(53)67(58(54)40-60(56)68-59)52-34-31-46(32-35-52)50-20-12-19-49(37-50)43-17-8-3-9-18-43/h1-40H. The van der Waals surface area contributed by atoms with E-state index < -0.39 is 0 Å². The molecule has 318 valence electrons. The Morgan fingerprint density at radius 1 is 0.250 bits per heavy atom. The highest BCUT2D eigenvalue weighted by Gasteiger charge is 2.19. The van der Waals surface area contributed by atoms with Crippen LogP contribution in [-0.2, 0) is 0 Å². The summed E-state index contributed by atoms with van der Waals surface area (Å²) in [4.78, 5) is 15.4. The number of nitrogens with zero attached hydrogens (tertiary/aromatic N) is 4. The quantitative estimate of drug-likeness (QED) is 0.153. The number of hydrogen-bond acceptors (Lipinski definition) is 4. The molecule has 0 spiro atoms. The minimum absolute atomic E-state index is 0.591. The molecule has 0 fully saturated rings. The molecule has 0 amide bonds. The molecule has 10 aromatic carbocycles. The van der Waals surface area contributed by atoms with Gasteiger partial charge in [0.25, 0.3) is 0 Å². The number of rotatable bonds is 8. The molecule has 0 aliphatic carbocycles. The van der Waals surface area contributed by atoms with Crippen molar-refractivity contribution in [2.45, 2.75) is 0 Å². The molecular weight excluding hydrogens is 829 g/mol. The zero-order valence-electron chi connectivity index (χ0n) is 36.8. The maximum atomic E-state index is 6.68. The molecular formula is C63H40N4O. The lowest BCUT2D eigenvalue weighted by atomic mass is 9.99. The fourth-order valence-electron chi connectivity index (χ4n) is 9.62. The molecule has 3 heterocycles. The first kappa shape index (κ1) is 39.2. The van der Waals surface area contributed by atoms with Crippen LogP contribution in [0.5, 0.6) is 0 Å². The summed E-state index contributed by atoms with van der Waals surface area (Å²) in [5, 5.41) is 4.37. The van der Waals surface area contributed by atoms with Gasteiger partial charge < -0.3 is 8.98 Å². The van der Waals surface area contributed by atoms with Crippen LogP contribution in [0.15, 0.2) is 247 Å². The van der Waals surface area contributed by atoms with E-state index in [-0.39, 0.29) is 0 Å². The first-order valence-corrected chi connectivity index (χ1v) is 22.9. The molecule has 13 aromatic rings. The lowest BCUT2D eigenvalue weighted by Crippen LogP contribution is -2.00. The molecule has 0 aliphatic heterocycles. The first-order valence-electron chi connectivity index (χ1n) is 22.9. The molecule has 0 bridgehead atoms. The summed E-state index contributed by atoms with van der Waals surface area (Å²) in [6.07, 6.45) is 0. The van der Waals surface area contributed by atoms with Gasteiger partial charge in [0.2, 0.25) is 0 Å². The number of fused-ring (bicyclic) bond motifs is 6. The topological polar surface area (TPSA) is 56.7 Å². The van der Waals surface area contributed by atoms with Crippen LogP contribution in [0.3, 0.4) is 0 Å². The number of hydrogen-bond donors (Lipinski definition) is 0.